The number of aryl methyl sites for hydroxylation is 2. The van der Waals surface area contributed by atoms with Crippen LogP contribution < -0.4 is 16.0 Å². The smallest absolute Gasteiger partial charge is 0.252 e. The Balaban J connectivity index is 1.49. The average molecular weight is 501 g/mol. The Hall–Kier alpha value is -3.89. The third kappa shape index (κ3) is 6.21. The molecule has 1 aliphatic carbocycles. The molecule has 8 nitrogen and oxygen atoms in total. The lowest BCUT2D eigenvalue weighted by atomic mass is 9.97. The van der Waals surface area contributed by atoms with Gasteiger partial charge in [0.1, 0.15) is 18.4 Å². The summed E-state index contributed by atoms with van der Waals surface area (Å²) < 4.78 is 43.1. The highest BCUT2D eigenvalue weighted by Crippen LogP contribution is 2.34. The number of carbonyl (C=O) groups excluding carboxylic acids is 2. The first-order chi connectivity index (χ1) is 17.2. The molecule has 1 saturated carbocycles. The van der Waals surface area contributed by atoms with Gasteiger partial charge in [0.25, 0.3) is 5.91 Å². The molecule has 2 aromatic heterocycles. The lowest BCUT2D eigenvalue weighted by Gasteiger charge is -2.21. The summed E-state index contributed by atoms with van der Waals surface area (Å²) in [6.07, 6.45) is 1.06. The molecule has 0 aliphatic heterocycles. The number of carbonyl (C=O) groups is 2. The van der Waals surface area contributed by atoms with E-state index < -0.39 is 41.9 Å². The highest BCUT2D eigenvalue weighted by atomic mass is 19.2. The van der Waals surface area contributed by atoms with Crippen LogP contribution in [0.5, 0.6) is 0 Å². The number of aromatic nitrogens is 3. The van der Waals surface area contributed by atoms with Gasteiger partial charge in [0.05, 0.1) is 23.8 Å². The number of nitrogens with one attached hydrogen (secondary N) is 3. The Bertz CT molecular complexity index is 1240. The van der Waals surface area contributed by atoms with Crippen LogP contribution in [0.25, 0.3) is 0 Å². The first-order valence-corrected chi connectivity index (χ1v) is 11.6. The molecule has 1 aromatic carbocycles. The number of nitrogens with zero attached hydrogens (tertiary/aromatic N) is 3. The Morgan fingerprint density at radius 3 is 2.58 bits per heavy atom. The van der Waals surface area contributed by atoms with Crippen molar-refractivity contribution in [2.75, 3.05) is 10.6 Å². The third-order valence-electron chi connectivity index (χ3n) is 6.07. The molecule has 0 radical (unpaired) electrons. The zero-order valence-electron chi connectivity index (χ0n) is 19.8. The molecule has 4 rings (SSSR count). The van der Waals surface area contributed by atoms with Crippen molar-refractivity contribution in [3.05, 3.63) is 66.0 Å². The Labute approximate surface area is 206 Å². The van der Waals surface area contributed by atoms with E-state index in [0.717, 1.165) is 6.20 Å². The molecular weight excluding hydrogens is 473 g/mol. The van der Waals surface area contributed by atoms with Crippen molar-refractivity contribution in [1.82, 2.24) is 20.1 Å². The standard InChI is InChI=1S/C25H27F3N6O2/c1-14-6-22(21(28)12-29-14)31-17-5-3-4-16(10-17)24(35)33-23(9-15-7-19(26)20(27)8-15)25(36)32-18-11-30-34(2)13-18/h3-6,10-13,15,19-20,23H,7-9H2,1-2H3,(H,29,31)(H,32,36)(H,33,35)/t15?,19-,20+,23-/m0/s1. The summed E-state index contributed by atoms with van der Waals surface area (Å²) in [4.78, 5) is 30.0. The molecule has 2 amide bonds. The summed E-state index contributed by atoms with van der Waals surface area (Å²) in [5, 5.41) is 12.3. The number of pyridine rings is 1. The fourth-order valence-corrected chi connectivity index (χ4v) is 4.28. The fourth-order valence-electron chi connectivity index (χ4n) is 4.28. The van der Waals surface area contributed by atoms with Gasteiger partial charge in [-0.1, -0.05) is 6.07 Å². The van der Waals surface area contributed by atoms with Gasteiger partial charge >= 0.3 is 0 Å². The highest BCUT2D eigenvalue weighted by Gasteiger charge is 2.37. The van der Waals surface area contributed by atoms with Gasteiger partial charge in [-0.2, -0.15) is 5.10 Å². The fraction of sp³-hybridized carbons (Fsp3) is 0.360. The monoisotopic (exact) mass is 500 g/mol. The molecular formula is C25H27F3N6O2. The number of hydrogen-bond acceptors (Lipinski definition) is 5. The quantitative estimate of drug-likeness (QED) is 0.430. The molecule has 2 heterocycles. The summed E-state index contributed by atoms with van der Waals surface area (Å²) in [6.45, 7) is 1.73. The van der Waals surface area contributed by atoms with Crippen LogP contribution >= 0.6 is 0 Å². The van der Waals surface area contributed by atoms with Crippen molar-refractivity contribution < 1.29 is 22.8 Å². The second kappa shape index (κ2) is 10.8. The van der Waals surface area contributed by atoms with Crippen molar-refractivity contribution in [2.24, 2.45) is 13.0 Å². The predicted octanol–water partition coefficient (Wildman–Crippen LogP) is 4.22. The third-order valence-corrected chi connectivity index (χ3v) is 6.07. The van der Waals surface area contributed by atoms with E-state index in [0.29, 0.717) is 17.1 Å². The zero-order valence-corrected chi connectivity index (χ0v) is 19.8. The van der Waals surface area contributed by atoms with E-state index in [4.69, 9.17) is 0 Å². The normalized spacial score (nSPS) is 20.1. The number of halogens is 3. The Kier molecular flexibility index (Phi) is 7.56. The number of anilines is 3. The summed E-state index contributed by atoms with van der Waals surface area (Å²) in [7, 11) is 1.69. The first kappa shape index (κ1) is 25.2. The minimum Gasteiger partial charge on any atom is -0.353 e. The van der Waals surface area contributed by atoms with Gasteiger partial charge < -0.3 is 16.0 Å². The van der Waals surface area contributed by atoms with E-state index in [-0.39, 0.29) is 30.5 Å². The van der Waals surface area contributed by atoms with Crippen LogP contribution in [-0.4, -0.2) is 45.0 Å². The van der Waals surface area contributed by atoms with Crippen molar-refractivity contribution in [1.29, 1.82) is 0 Å². The van der Waals surface area contributed by atoms with E-state index in [2.05, 4.69) is 26.0 Å². The van der Waals surface area contributed by atoms with Gasteiger partial charge in [0.2, 0.25) is 5.91 Å². The van der Waals surface area contributed by atoms with Gasteiger partial charge in [-0.3, -0.25) is 19.3 Å². The average Bonchev–Trinajstić information content (AvgIpc) is 3.39. The van der Waals surface area contributed by atoms with Crippen LogP contribution in [0.3, 0.4) is 0 Å². The molecule has 1 fully saturated rings. The number of hydrogen-bond donors (Lipinski definition) is 3. The number of benzene rings is 1. The highest BCUT2D eigenvalue weighted by molar-refractivity contribution is 6.01. The van der Waals surface area contributed by atoms with Crippen LogP contribution in [0.1, 0.15) is 35.3 Å². The topological polar surface area (TPSA) is 101 Å². The summed E-state index contributed by atoms with van der Waals surface area (Å²) in [5.74, 6) is -2.01. The molecule has 11 heteroatoms. The number of rotatable bonds is 8. The Morgan fingerprint density at radius 1 is 1.14 bits per heavy atom. The van der Waals surface area contributed by atoms with Gasteiger partial charge in [-0.15, -0.1) is 0 Å². The largest absolute Gasteiger partial charge is 0.353 e. The molecule has 190 valence electrons. The molecule has 1 aliphatic rings. The van der Waals surface area contributed by atoms with Crippen LogP contribution in [0.15, 0.2) is 48.9 Å². The number of alkyl halides is 2. The summed E-state index contributed by atoms with van der Waals surface area (Å²) in [5.41, 5.74) is 1.94. The predicted molar refractivity (Wildman–Crippen MR) is 129 cm³/mol. The van der Waals surface area contributed by atoms with Gasteiger partial charge in [0, 0.05) is 30.2 Å². The molecule has 1 unspecified atom stereocenters. The molecule has 3 N–H and O–H groups in total. The molecule has 4 atom stereocenters. The molecule has 0 spiro atoms. The Morgan fingerprint density at radius 2 is 1.89 bits per heavy atom. The second-order valence-corrected chi connectivity index (χ2v) is 9.03. The summed E-state index contributed by atoms with van der Waals surface area (Å²) in [6, 6.07) is 6.86. The van der Waals surface area contributed by atoms with Crippen molar-refractivity contribution in [3.63, 3.8) is 0 Å². The van der Waals surface area contributed by atoms with E-state index in [1.165, 1.54) is 16.9 Å². The van der Waals surface area contributed by atoms with E-state index in [1.54, 1.807) is 44.4 Å². The van der Waals surface area contributed by atoms with Crippen LogP contribution in [-0.2, 0) is 11.8 Å². The van der Waals surface area contributed by atoms with E-state index in [1.807, 2.05) is 0 Å². The molecule has 0 saturated heterocycles. The first-order valence-electron chi connectivity index (χ1n) is 11.6. The maximum atomic E-state index is 14.1. The zero-order chi connectivity index (χ0) is 25.8. The molecule has 3 aromatic rings. The SMILES string of the molecule is Cc1cc(Nc2cccc(C(=O)N[C@@H](CC3C[C@@H](F)[C@@H](F)C3)C(=O)Nc3cnn(C)c3)c2)c(F)cn1. The minimum atomic E-state index is -1.58. The molecule has 36 heavy (non-hydrogen) atoms. The maximum Gasteiger partial charge on any atom is 0.252 e. The van der Waals surface area contributed by atoms with Gasteiger partial charge in [-0.25, -0.2) is 13.2 Å². The number of amides is 2. The van der Waals surface area contributed by atoms with Crippen LogP contribution in [0.2, 0.25) is 0 Å². The van der Waals surface area contributed by atoms with E-state index >= 15 is 0 Å². The minimum absolute atomic E-state index is 0.00989. The van der Waals surface area contributed by atoms with Gasteiger partial charge in [0.15, 0.2) is 5.82 Å². The van der Waals surface area contributed by atoms with Crippen molar-refractivity contribution in [2.45, 2.75) is 44.6 Å². The van der Waals surface area contributed by atoms with Crippen LogP contribution in [0, 0.1) is 18.7 Å². The molecule has 0 bridgehead atoms. The summed E-state index contributed by atoms with van der Waals surface area (Å²) >= 11 is 0. The van der Waals surface area contributed by atoms with Crippen molar-refractivity contribution in [3.8, 4) is 0 Å². The van der Waals surface area contributed by atoms with Gasteiger partial charge in [-0.05, 0) is 56.4 Å². The van der Waals surface area contributed by atoms with E-state index in [9.17, 15) is 22.8 Å². The van der Waals surface area contributed by atoms with Crippen LogP contribution in [0.4, 0.5) is 30.2 Å². The maximum absolute atomic E-state index is 14.1. The second-order valence-electron chi connectivity index (χ2n) is 9.03. The van der Waals surface area contributed by atoms with Crippen molar-refractivity contribution >= 4 is 28.9 Å². The lowest BCUT2D eigenvalue weighted by Crippen LogP contribution is -2.44. The lowest BCUT2D eigenvalue weighted by molar-refractivity contribution is -0.118.